The molecule has 1 saturated carbocycles. The zero-order valence-electron chi connectivity index (χ0n) is 5.84. The summed E-state index contributed by atoms with van der Waals surface area (Å²) in [6, 6.07) is 0.653. The van der Waals surface area contributed by atoms with Crippen molar-refractivity contribution in [1.29, 1.82) is 0 Å². The Balaban J connectivity index is 1.96. The molecule has 0 atom stereocenters. The molecule has 0 aromatic rings. The molecule has 3 heteroatoms. The summed E-state index contributed by atoms with van der Waals surface area (Å²) in [7, 11) is 1.70. The standard InChI is InChI=1S/C6H14N2O/c1-9-5-4-8(7)6-2-3-6/h6H,2-5,7H2,1H3. The predicted octanol–water partition coefficient (Wildman–Crippen LogP) is -0.0291. The van der Waals surface area contributed by atoms with E-state index < -0.39 is 0 Å². The van der Waals surface area contributed by atoms with Gasteiger partial charge in [-0.05, 0) is 12.8 Å². The maximum Gasteiger partial charge on any atom is 0.0603 e. The molecule has 54 valence electrons. The lowest BCUT2D eigenvalue weighted by molar-refractivity contribution is 0.144. The normalized spacial score (nSPS) is 19.0. The summed E-state index contributed by atoms with van der Waals surface area (Å²) in [5.74, 6) is 5.62. The molecule has 0 amide bonds. The van der Waals surface area contributed by atoms with Crippen molar-refractivity contribution in [2.24, 2.45) is 5.84 Å². The molecule has 0 aromatic heterocycles. The summed E-state index contributed by atoms with van der Waals surface area (Å²) in [5.41, 5.74) is 0. The molecule has 1 rings (SSSR count). The molecule has 1 aliphatic rings. The molecular weight excluding hydrogens is 116 g/mol. The summed E-state index contributed by atoms with van der Waals surface area (Å²) in [6.45, 7) is 1.61. The maximum atomic E-state index is 5.62. The van der Waals surface area contributed by atoms with Crippen LogP contribution in [0.15, 0.2) is 0 Å². The van der Waals surface area contributed by atoms with Gasteiger partial charge in [-0.25, -0.2) is 5.01 Å². The van der Waals surface area contributed by atoms with Crippen molar-refractivity contribution in [1.82, 2.24) is 5.01 Å². The van der Waals surface area contributed by atoms with E-state index in [0.717, 1.165) is 13.2 Å². The van der Waals surface area contributed by atoms with Gasteiger partial charge >= 0.3 is 0 Å². The Bertz CT molecular complexity index is 83.1. The molecule has 0 aromatic carbocycles. The van der Waals surface area contributed by atoms with E-state index in [0.29, 0.717) is 6.04 Å². The molecule has 0 spiro atoms. The molecule has 3 nitrogen and oxygen atoms in total. The highest BCUT2D eigenvalue weighted by molar-refractivity contribution is 4.80. The third kappa shape index (κ3) is 2.30. The Morgan fingerprint density at radius 2 is 2.33 bits per heavy atom. The largest absolute Gasteiger partial charge is 0.383 e. The highest BCUT2D eigenvalue weighted by atomic mass is 16.5. The molecule has 0 heterocycles. The second kappa shape index (κ2) is 3.15. The lowest BCUT2D eigenvalue weighted by atomic mass is 10.6. The monoisotopic (exact) mass is 130 g/mol. The Morgan fingerprint density at radius 1 is 1.67 bits per heavy atom. The molecule has 1 fully saturated rings. The molecule has 0 aliphatic heterocycles. The van der Waals surface area contributed by atoms with Crippen molar-refractivity contribution in [2.75, 3.05) is 20.3 Å². The van der Waals surface area contributed by atoms with Crippen LogP contribution in [0.3, 0.4) is 0 Å². The van der Waals surface area contributed by atoms with Crippen molar-refractivity contribution in [3.8, 4) is 0 Å². The van der Waals surface area contributed by atoms with Crippen molar-refractivity contribution in [2.45, 2.75) is 18.9 Å². The van der Waals surface area contributed by atoms with E-state index in [2.05, 4.69) is 0 Å². The second-order valence-electron chi connectivity index (χ2n) is 2.46. The Morgan fingerprint density at radius 3 is 2.78 bits per heavy atom. The Labute approximate surface area is 55.7 Å². The molecule has 9 heavy (non-hydrogen) atoms. The first-order valence-electron chi connectivity index (χ1n) is 3.35. The zero-order valence-corrected chi connectivity index (χ0v) is 5.84. The summed E-state index contributed by atoms with van der Waals surface area (Å²) < 4.78 is 4.87. The van der Waals surface area contributed by atoms with E-state index >= 15 is 0 Å². The van der Waals surface area contributed by atoms with Crippen molar-refractivity contribution >= 4 is 0 Å². The Hall–Kier alpha value is -0.120. The fourth-order valence-corrected chi connectivity index (χ4v) is 0.785. The van der Waals surface area contributed by atoms with Crippen molar-refractivity contribution in [3.05, 3.63) is 0 Å². The minimum Gasteiger partial charge on any atom is -0.383 e. The lowest BCUT2D eigenvalue weighted by Crippen LogP contribution is -2.35. The van der Waals surface area contributed by atoms with Crippen LogP contribution in [0.25, 0.3) is 0 Å². The molecule has 0 bridgehead atoms. The van der Waals surface area contributed by atoms with Gasteiger partial charge in [-0.2, -0.15) is 0 Å². The number of nitrogens with zero attached hydrogens (tertiary/aromatic N) is 1. The molecular formula is C6H14N2O. The third-order valence-corrected chi connectivity index (χ3v) is 1.57. The summed E-state index contributed by atoms with van der Waals surface area (Å²) in [5, 5.41) is 1.86. The minimum atomic E-state index is 0.653. The Kier molecular flexibility index (Phi) is 2.45. The second-order valence-corrected chi connectivity index (χ2v) is 2.46. The molecule has 0 radical (unpaired) electrons. The van der Waals surface area contributed by atoms with Gasteiger partial charge in [0.15, 0.2) is 0 Å². The van der Waals surface area contributed by atoms with E-state index in [1.54, 1.807) is 7.11 Å². The van der Waals surface area contributed by atoms with Gasteiger partial charge in [-0.1, -0.05) is 0 Å². The van der Waals surface area contributed by atoms with Gasteiger partial charge < -0.3 is 4.74 Å². The van der Waals surface area contributed by atoms with Crippen LogP contribution in [0.1, 0.15) is 12.8 Å². The van der Waals surface area contributed by atoms with Gasteiger partial charge in [0, 0.05) is 19.7 Å². The zero-order chi connectivity index (χ0) is 6.69. The van der Waals surface area contributed by atoms with Crippen molar-refractivity contribution < 1.29 is 4.74 Å². The van der Waals surface area contributed by atoms with Crippen LogP contribution < -0.4 is 5.84 Å². The SMILES string of the molecule is COCCN(N)C1CC1. The van der Waals surface area contributed by atoms with E-state index in [-0.39, 0.29) is 0 Å². The van der Waals surface area contributed by atoms with E-state index in [1.807, 2.05) is 5.01 Å². The highest BCUT2D eigenvalue weighted by Crippen LogP contribution is 2.23. The average Bonchev–Trinajstić information content (AvgIpc) is 2.63. The number of ether oxygens (including phenoxy) is 1. The van der Waals surface area contributed by atoms with Crippen molar-refractivity contribution in [3.63, 3.8) is 0 Å². The topological polar surface area (TPSA) is 38.5 Å². The first kappa shape index (κ1) is 6.99. The van der Waals surface area contributed by atoms with Gasteiger partial charge in [-0.3, -0.25) is 5.84 Å². The first-order valence-corrected chi connectivity index (χ1v) is 3.35. The number of hydrogen-bond acceptors (Lipinski definition) is 3. The number of rotatable bonds is 4. The average molecular weight is 130 g/mol. The van der Waals surface area contributed by atoms with Gasteiger partial charge in [-0.15, -0.1) is 0 Å². The third-order valence-electron chi connectivity index (χ3n) is 1.57. The number of methoxy groups -OCH3 is 1. The van der Waals surface area contributed by atoms with Crippen LogP contribution in [0, 0.1) is 0 Å². The number of hydrazine groups is 1. The van der Waals surface area contributed by atoms with E-state index in [1.165, 1.54) is 12.8 Å². The molecule has 2 N–H and O–H groups in total. The smallest absolute Gasteiger partial charge is 0.0603 e. The lowest BCUT2D eigenvalue weighted by Gasteiger charge is -2.13. The molecule has 0 unspecified atom stereocenters. The summed E-state index contributed by atoms with van der Waals surface area (Å²) >= 11 is 0. The van der Waals surface area contributed by atoms with Gasteiger partial charge in [0.1, 0.15) is 0 Å². The van der Waals surface area contributed by atoms with E-state index in [9.17, 15) is 0 Å². The van der Waals surface area contributed by atoms with Crippen LogP contribution in [-0.4, -0.2) is 31.3 Å². The summed E-state index contributed by atoms with van der Waals surface area (Å²) in [6.07, 6.45) is 2.53. The van der Waals surface area contributed by atoms with Gasteiger partial charge in [0.25, 0.3) is 0 Å². The van der Waals surface area contributed by atoms with E-state index in [4.69, 9.17) is 10.6 Å². The predicted molar refractivity (Wildman–Crippen MR) is 35.8 cm³/mol. The van der Waals surface area contributed by atoms with Gasteiger partial charge in [0.2, 0.25) is 0 Å². The van der Waals surface area contributed by atoms with Crippen LogP contribution in [0.4, 0.5) is 0 Å². The van der Waals surface area contributed by atoms with Crippen LogP contribution in [0.5, 0.6) is 0 Å². The number of nitrogens with two attached hydrogens (primary N) is 1. The highest BCUT2D eigenvalue weighted by Gasteiger charge is 2.25. The fourth-order valence-electron chi connectivity index (χ4n) is 0.785. The quantitative estimate of drug-likeness (QED) is 0.429. The summed E-state index contributed by atoms with van der Waals surface area (Å²) in [4.78, 5) is 0. The fraction of sp³-hybridized carbons (Fsp3) is 1.00. The van der Waals surface area contributed by atoms with Crippen LogP contribution >= 0.6 is 0 Å². The van der Waals surface area contributed by atoms with Gasteiger partial charge in [0.05, 0.1) is 6.61 Å². The minimum absolute atomic E-state index is 0.653. The maximum absolute atomic E-state index is 5.62. The van der Waals surface area contributed by atoms with Crippen LogP contribution in [0.2, 0.25) is 0 Å². The molecule has 0 saturated heterocycles. The number of hydrogen-bond donors (Lipinski definition) is 1. The van der Waals surface area contributed by atoms with Crippen LogP contribution in [-0.2, 0) is 4.74 Å². The first-order chi connectivity index (χ1) is 4.34. The molecule has 1 aliphatic carbocycles.